The van der Waals surface area contributed by atoms with E-state index in [0.717, 1.165) is 66.1 Å². The molecule has 15 aliphatic rings. The molecule has 14 bridgehead atoms. The van der Waals surface area contributed by atoms with Gasteiger partial charge in [-0.25, -0.2) is 0 Å². The molecule has 0 aromatic carbocycles. The number of rotatable bonds is 0. The summed E-state index contributed by atoms with van der Waals surface area (Å²) in [5, 5.41) is 0. The monoisotopic (exact) mass is 344 g/mol. The summed E-state index contributed by atoms with van der Waals surface area (Å²) in [6.07, 6.45) is 7.79. The summed E-state index contributed by atoms with van der Waals surface area (Å²) in [4.78, 5) is 27.1. The molecule has 0 aromatic rings. The lowest BCUT2D eigenvalue weighted by Crippen LogP contribution is -2.86. The van der Waals surface area contributed by atoms with Gasteiger partial charge in [0, 0.05) is 24.7 Å². The van der Waals surface area contributed by atoms with E-state index in [0.29, 0.717) is 51.0 Å². The summed E-state index contributed by atoms with van der Waals surface area (Å²) in [6.45, 7) is 0. The molecular weight excluding hydrogens is 320 g/mol. The Labute approximate surface area is 152 Å². The van der Waals surface area contributed by atoms with Crippen LogP contribution < -0.4 is 0 Å². The van der Waals surface area contributed by atoms with Crippen LogP contribution in [0.2, 0.25) is 0 Å². The SMILES string of the molecule is O=C1C[C@H]2C3C4[C@@H]1C15[C@H]6CC[C@@H]7C8C6[C@H]6CC[C@@H]8C8([C@@H]3CC(=O)[C@@H]4C681)C725. The van der Waals surface area contributed by atoms with Gasteiger partial charge in [0.05, 0.1) is 0 Å². The fraction of sp³-hybridized carbons (Fsp3) is 0.917. The Morgan fingerprint density at radius 1 is 0.500 bits per heavy atom. The summed E-state index contributed by atoms with van der Waals surface area (Å²) in [7, 11) is 0. The summed E-state index contributed by atoms with van der Waals surface area (Å²) in [5.74, 6) is 10.6. The second-order valence-corrected chi connectivity index (χ2v) is 12.9. The molecule has 0 aliphatic heterocycles. The standard InChI is InChI=1S/C24H24O2/c25-13-5-11-17-12-6-14(26)20-18(17)19(13)23-9-3-1-7-15-8-2-4-10(16(9)15)24(20,23)22(8,12)21(7,11)23/h7-12,15-20H,1-6H2/t7-,8+,9+,10-,11+,12-,15?,16?,17?,18?,19-,20+,21?,22?,23?,24?. The Morgan fingerprint density at radius 3 is 1.35 bits per heavy atom. The van der Waals surface area contributed by atoms with Crippen molar-refractivity contribution in [3.8, 4) is 0 Å². The molecule has 0 radical (unpaired) electrons. The average Bonchev–Trinajstić information content (AvgIpc) is 3.07. The number of carbonyl (C=O) groups excluding carboxylic acids is 2. The van der Waals surface area contributed by atoms with E-state index in [1.165, 1.54) is 25.7 Å². The fourth-order valence-corrected chi connectivity index (χ4v) is 17.2. The van der Waals surface area contributed by atoms with E-state index in [9.17, 15) is 9.59 Å². The molecule has 4 spiro atoms. The number of Topliss-reactive ketones (excluding diaryl/α,β-unsaturated/α-hetero) is 2. The van der Waals surface area contributed by atoms with Crippen molar-refractivity contribution < 1.29 is 9.59 Å². The van der Waals surface area contributed by atoms with Crippen LogP contribution in [0.3, 0.4) is 0 Å². The third kappa shape index (κ3) is 0.522. The second-order valence-electron chi connectivity index (χ2n) is 12.9. The zero-order valence-electron chi connectivity index (χ0n) is 15.0. The van der Waals surface area contributed by atoms with Crippen molar-refractivity contribution in [3.05, 3.63) is 0 Å². The normalized spacial score (nSPS) is 87.8. The highest BCUT2D eigenvalue weighted by molar-refractivity contribution is 5.96. The minimum absolute atomic E-state index is 0.364. The predicted octanol–water partition coefficient (Wildman–Crippen LogP) is 2.95. The minimum Gasteiger partial charge on any atom is -0.299 e. The smallest absolute Gasteiger partial charge is 0.137 e. The molecule has 0 aromatic heterocycles. The summed E-state index contributed by atoms with van der Waals surface area (Å²) < 4.78 is 0. The van der Waals surface area contributed by atoms with Gasteiger partial charge in [0.15, 0.2) is 0 Å². The van der Waals surface area contributed by atoms with Gasteiger partial charge in [0.25, 0.3) is 0 Å². The zero-order chi connectivity index (χ0) is 16.3. The quantitative estimate of drug-likeness (QED) is 0.677. The number of hydrogen-bond acceptors (Lipinski definition) is 2. The first-order valence-electron chi connectivity index (χ1n) is 11.8. The van der Waals surface area contributed by atoms with Crippen LogP contribution in [-0.4, -0.2) is 11.6 Å². The van der Waals surface area contributed by atoms with Crippen molar-refractivity contribution in [2.24, 2.45) is 92.7 Å². The fourth-order valence-electron chi connectivity index (χ4n) is 17.2. The molecule has 16 atom stereocenters. The average molecular weight is 344 g/mol. The number of hydrogen-bond donors (Lipinski definition) is 0. The van der Waals surface area contributed by atoms with Gasteiger partial charge in [0.2, 0.25) is 0 Å². The van der Waals surface area contributed by atoms with E-state index in [-0.39, 0.29) is 0 Å². The van der Waals surface area contributed by atoms with Crippen molar-refractivity contribution in [1.82, 2.24) is 0 Å². The molecule has 0 saturated heterocycles. The molecular formula is C24H24O2. The van der Waals surface area contributed by atoms with Crippen LogP contribution in [0.1, 0.15) is 38.5 Å². The van der Waals surface area contributed by atoms with Gasteiger partial charge in [-0.15, -0.1) is 0 Å². The number of carbonyl (C=O) groups is 2. The molecule has 15 saturated carbocycles. The van der Waals surface area contributed by atoms with Crippen molar-refractivity contribution in [1.29, 1.82) is 0 Å². The first kappa shape index (κ1) is 12.0. The van der Waals surface area contributed by atoms with Crippen LogP contribution in [0.15, 0.2) is 0 Å². The summed E-state index contributed by atoms with van der Waals surface area (Å²) in [6, 6.07) is 0. The molecule has 15 rings (SSSR count). The largest absolute Gasteiger partial charge is 0.299 e. The van der Waals surface area contributed by atoms with Crippen molar-refractivity contribution >= 4 is 11.6 Å². The van der Waals surface area contributed by atoms with Crippen molar-refractivity contribution in [3.63, 3.8) is 0 Å². The lowest BCUT2D eigenvalue weighted by molar-refractivity contribution is -0.407. The lowest BCUT2D eigenvalue weighted by Gasteiger charge is -2.87. The van der Waals surface area contributed by atoms with E-state index in [4.69, 9.17) is 0 Å². The van der Waals surface area contributed by atoms with Crippen LogP contribution in [0.5, 0.6) is 0 Å². The third-order valence-electron chi connectivity index (χ3n) is 14.8. The molecule has 8 unspecified atom stereocenters. The molecule has 2 heteroatoms. The molecule has 0 heterocycles. The molecule has 15 aliphatic carbocycles. The topological polar surface area (TPSA) is 34.1 Å². The molecule has 15 fully saturated rings. The number of ketones is 2. The van der Waals surface area contributed by atoms with Gasteiger partial charge >= 0.3 is 0 Å². The Morgan fingerprint density at radius 2 is 0.885 bits per heavy atom. The van der Waals surface area contributed by atoms with E-state index in [1.54, 1.807) is 0 Å². The summed E-state index contributed by atoms with van der Waals surface area (Å²) in [5.41, 5.74) is 1.93. The van der Waals surface area contributed by atoms with Crippen molar-refractivity contribution in [2.45, 2.75) is 38.5 Å². The molecule has 0 amide bonds. The third-order valence-corrected chi connectivity index (χ3v) is 14.8. The Hall–Kier alpha value is -0.660. The van der Waals surface area contributed by atoms with E-state index in [1.807, 2.05) is 0 Å². The van der Waals surface area contributed by atoms with Crippen LogP contribution in [0.4, 0.5) is 0 Å². The summed E-state index contributed by atoms with van der Waals surface area (Å²) >= 11 is 0. The number of fused-ring (bicyclic) bond motifs is 3. The minimum atomic E-state index is 0.364. The highest BCUT2D eigenvalue weighted by Gasteiger charge is 3.15. The first-order valence-corrected chi connectivity index (χ1v) is 11.8. The first-order chi connectivity index (χ1) is 12.7. The van der Waals surface area contributed by atoms with Gasteiger partial charge < -0.3 is 0 Å². The molecule has 0 N–H and O–H groups in total. The van der Waals surface area contributed by atoms with Crippen LogP contribution in [0.25, 0.3) is 0 Å². The van der Waals surface area contributed by atoms with E-state index in [2.05, 4.69) is 0 Å². The van der Waals surface area contributed by atoms with Gasteiger partial charge in [0.1, 0.15) is 11.6 Å². The van der Waals surface area contributed by atoms with Gasteiger partial charge in [-0.3, -0.25) is 9.59 Å². The maximum Gasteiger partial charge on any atom is 0.137 e. The zero-order valence-corrected chi connectivity index (χ0v) is 15.0. The second kappa shape index (κ2) is 2.61. The van der Waals surface area contributed by atoms with E-state index >= 15 is 0 Å². The molecule has 26 heavy (non-hydrogen) atoms. The van der Waals surface area contributed by atoms with Crippen LogP contribution in [-0.2, 0) is 9.59 Å². The Balaban J connectivity index is 1.46. The molecule has 2 nitrogen and oxygen atoms in total. The van der Waals surface area contributed by atoms with Crippen LogP contribution >= 0.6 is 0 Å². The lowest BCUT2D eigenvalue weighted by atomic mass is 9.15. The highest BCUT2D eigenvalue weighted by atomic mass is 16.1. The maximum atomic E-state index is 13.5. The van der Waals surface area contributed by atoms with Gasteiger partial charge in [-0.05, 0) is 107 Å². The highest BCUT2D eigenvalue weighted by Crippen LogP contribution is 3.17. The van der Waals surface area contributed by atoms with Gasteiger partial charge in [-0.1, -0.05) is 0 Å². The van der Waals surface area contributed by atoms with Crippen molar-refractivity contribution in [2.75, 3.05) is 0 Å². The van der Waals surface area contributed by atoms with Gasteiger partial charge in [-0.2, -0.15) is 0 Å². The van der Waals surface area contributed by atoms with Crippen LogP contribution in [0, 0.1) is 92.7 Å². The predicted molar refractivity (Wildman–Crippen MR) is 89.3 cm³/mol. The Kier molecular flexibility index (Phi) is 1.20. The maximum absolute atomic E-state index is 13.5. The Bertz CT molecular complexity index is 909. The van der Waals surface area contributed by atoms with E-state index < -0.39 is 0 Å². The molecule has 132 valence electrons.